The lowest BCUT2D eigenvalue weighted by Crippen LogP contribution is -2.46. The van der Waals surface area contributed by atoms with Crippen LogP contribution >= 0.6 is 0 Å². The number of hydrogen-bond acceptors (Lipinski definition) is 3. The summed E-state index contributed by atoms with van der Waals surface area (Å²) in [5.41, 5.74) is 2.21. The summed E-state index contributed by atoms with van der Waals surface area (Å²) in [6.07, 6.45) is 4.66. The number of carbonyl (C=O) groups excluding carboxylic acids is 1. The molecule has 0 aliphatic heterocycles. The average Bonchev–Trinajstić information content (AvgIpc) is 2.47. The molecule has 2 atom stereocenters. The normalized spacial score (nSPS) is 21.1. The van der Waals surface area contributed by atoms with Crippen LogP contribution in [0.4, 0.5) is 0 Å². The molecule has 4 heteroatoms. The summed E-state index contributed by atoms with van der Waals surface area (Å²) in [5.74, 6) is 0.384. The lowest BCUT2D eigenvalue weighted by atomic mass is 9.82. The molecule has 1 aliphatic rings. The van der Waals surface area contributed by atoms with E-state index in [1.165, 1.54) is 5.56 Å². The smallest absolute Gasteiger partial charge is 0.207 e. The van der Waals surface area contributed by atoms with Crippen LogP contribution in [0.1, 0.15) is 50.3 Å². The van der Waals surface area contributed by atoms with E-state index in [9.17, 15) is 9.90 Å². The molecule has 1 amide bonds. The summed E-state index contributed by atoms with van der Waals surface area (Å²) in [6, 6.07) is 6.03. The zero-order valence-electron chi connectivity index (χ0n) is 13.0. The third-order valence-corrected chi connectivity index (χ3v) is 4.29. The second kappa shape index (κ2) is 7.46. The van der Waals surface area contributed by atoms with Crippen molar-refractivity contribution in [3.63, 3.8) is 0 Å². The number of nitrogens with one attached hydrogen (secondary N) is 1. The van der Waals surface area contributed by atoms with Gasteiger partial charge in [-0.1, -0.05) is 26.0 Å². The van der Waals surface area contributed by atoms with E-state index in [0.29, 0.717) is 5.75 Å². The Bertz CT molecular complexity index is 470. The Morgan fingerprint density at radius 2 is 2.05 bits per heavy atom. The van der Waals surface area contributed by atoms with Gasteiger partial charge in [0.15, 0.2) is 0 Å². The second-order valence-electron chi connectivity index (χ2n) is 5.76. The first-order valence-corrected chi connectivity index (χ1v) is 7.97. The molecule has 116 valence electrons. The van der Waals surface area contributed by atoms with E-state index >= 15 is 0 Å². The summed E-state index contributed by atoms with van der Waals surface area (Å²) >= 11 is 0. The number of amides is 1. The van der Waals surface area contributed by atoms with Crippen LogP contribution in [-0.2, 0) is 11.2 Å². The maximum atomic E-state index is 11.0. The van der Waals surface area contributed by atoms with Crippen molar-refractivity contribution < 1.29 is 9.90 Å². The number of benzene rings is 1. The fraction of sp³-hybridized carbons (Fsp3) is 0.588. The summed E-state index contributed by atoms with van der Waals surface area (Å²) in [5, 5.41) is 13.1. The zero-order chi connectivity index (χ0) is 15.2. The van der Waals surface area contributed by atoms with Crippen molar-refractivity contribution in [2.45, 2.75) is 51.6 Å². The van der Waals surface area contributed by atoms with Gasteiger partial charge in [-0.25, -0.2) is 0 Å². The van der Waals surface area contributed by atoms with Crippen molar-refractivity contribution in [2.75, 3.05) is 13.1 Å². The topological polar surface area (TPSA) is 52.6 Å². The predicted molar refractivity (Wildman–Crippen MR) is 84.3 cm³/mol. The molecule has 1 aromatic rings. The van der Waals surface area contributed by atoms with Crippen LogP contribution in [0.3, 0.4) is 0 Å². The van der Waals surface area contributed by atoms with E-state index < -0.39 is 0 Å². The molecule has 0 spiro atoms. The van der Waals surface area contributed by atoms with Gasteiger partial charge in [0, 0.05) is 6.04 Å². The highest BCUT2D eigenvalue weighted by Crippen LogP contribution is 2.38. The molecule has 0 saturated heterocycles. The fourth-order valence-corrected chi connectivity index (χ4v) is 3.49. The molecule has 0 saturated carbocycles. The van der Waals surface area contributed by atoms with Crippen molar-refractivity contribution in [2.24, 2.45) is 0 Å². The number of nitrogens with zero attached hydrogens (tertiary/aromatic N) is 1. The Kier molecular flexibility index (Phi) is 5.62. The van der Waals surface area contributed by atoms with Crippen LogP contribution < -0.4 is 5.32 Å². The Labute approximate surface area is 127 Å². The summed E-state index contributed by atoms with van der Waals surface area (Å²) in [7, 11) is 0. The van der Waals surface area contributed by atoms with Crippen molar-refractivity contribution in [3.8, 4) is 5.75 Å². The van der Waals surface area contributed by atoms with Gasteiger partial charge in [0.05, 0.1) is 6.04 Å². The van der Waals surface area contributed by atoms with Gasteiger partial charge >= 0.3 is 0 Å². The molecule has 0 bridgehead atoms. The molecule has 0 heterocycles. The van der Waals surface area contributed by atoms with Crippen LogP contribution in [0, 0.1) is 0 Å². The minimum Gasteiger partial charge on any atom is -0.508 e. The molecule has 2 N–H and O–H groups in total. The van der Waals surface area contributed by atoms with Gasteiger partial charge in [0.1, 0.15) is 5.75 Å². The average molecular weight is 290 g/mol. The number of rotatable bonds is 7. The largest absolute Gasteiger partial charge is 0.508 e. The molecular weight excluding hydrogens is 264 g/mol. The van der Waals surface area contributed by atoms with Crippen LogP contribution in [0.25, 0.3) is 0 Å². The van der Waals surface area contributed by atoms with Crippen molar-refractivity contribution >= 4 is 6.41 Å². The first-order valence-electron chi connectivity index (χ1n) is 7.97. The van der Waals surface area contributed by atoms with Gasteiger partial charge in [-0.05, 0) is 56.0 Å². The van der Waals surface area contributed by atoms with Gasteiger partial charge in [-0.3, -0.25) is 9.69 Å². The minimum atomic E-state index is 0.120. The van der Waals surface area contributed by atoms with Crippen LogP contribution in [0.5, 0.6) is 5.75 Å². The van der Waals surface area contributed by atoms with Crippen LogP contribution in [0.15, 0.2) is 18.2 Å². The molecule has 2 rings (SSSR count). The maximum Gasteiger partial charge on any atom is 0.207 e. The molecule has 0 fully saturated rings. The highest BCUT2D eigenvalue weighted by Gasteiger charge is 2.34. The fourth-order valence-electron chi connectivity index (χ4n) is 3.49. The van der Waals surface area contributed by atoms with Crippen LogP contribution in [-0.4, -0.2) is 35.5 Å². The Hall–Kier alpha value is -1.55. The Morgan fingerprint density at radius 1 is 1.33 bits per heavy atom. The quantitative estimate of drug-likeness (QED) is 0.759. The van der Waals surface area contributed by atoms with Gasteiger partial charge in [-0.2, -0.15) is 0 Å². The predicted octanol–water partition coefficient (Wildman–Crippen LogP) is 2.62. The molecule has 1 aromatic carbocycles. The standard InChI is InChI=1S/C17H26N2O2/c1-3-10-19(11-4-2)17-14-6-5-7-16(21)13(14)8-9-15(17)18-12-20/h5-7,12,15,17,21H,3-4,8-11H2,1-2H3,(H,18,20). The van der Waals surface area contributed by atoms with E-state index in [1.54, 1.807) is 6.07 Å². The molecule has 4 nitrogen and oxygen atoms in total. The lowest BCUT2D eigenvalue weighted by Gasteiger charge is -2.41. The van der Waals surface area contributed by atoms with Gasteiger partial charge in [0.25, 0.3) is 0 Å². The highest BCUT2D eigenvalue weighted by molar-refractivity contribution is 5.49. The van der Waals surface area contributed by atoms with Crippen LogP contribution in [0.2, 0.25) is 0 Å². The number of fused-ring (bicyclic) bond motifs is 1. The third kappa shape index (κ3) is 3.38. The molecule has 2 unspecified atom stereocenters. The van der Waals surface area contributed by atoms with Gasteiger partial charge in [-0.15, -0.1) is 0 Å². The third-order valence-electron chi connectivity index (χ3n) is 4.29. The number of phenols is 1. The number of carbonyl (C=O) groups is 1. The first kappa shape index (κ1) is 15.8. The van der Waals surface area contributed by atoms with Gasteiger partial charge < -0.3 is 10.4 Å². The first-order chi connectivity index (χ1) is 10.2. The molecule has 1 aliphatic carbocycles. The van der Waals surface area contributed by atoms with E-state index in [0.717, 1.165) is 50.7 Å². The number of aromatic hydroxyl groups is 1. The SMILES string of the molecule is CCCN(CCC)C1c2cccc(O)c2CCC1NC=O. The van der Waals surface area contributed by atoms with Crippen molar-refractivity contribution in [1.29, 1.82) is 0 Å². The van der Waals surface area contributed by atoms with Crippen molar-refractivity contribution in [3.05, 3.63) is 29.3 Å². The minimum absolute atomic E-state index is 0.120. The van der Waals surface area contributed by atoms with Crippen molar-refractivity contribution in [1.82, 2.24) is 10.2 Å². The monoisotopic (exact) mass is 290 g/mol. The second-order valence-corrected chi connectivity index (χ2v) is 5.76. The summed E-state index contributed by atoms with van der Waals surface area (Å²) in [4.78, 5) is 13.4. The van der Waals surface area contributed by atoms with E-state index in [-0.39, 0.29) is 12.1 Å². The Balaban J connectivity index is 2.39. The zero-order valence-corrected chi connectivity index (χ0v) is 13.0. The van der Waals surface area contributed by atoms with E-state index in [2.05, 4.69) is 30.1 Å². The summed E-state index contributed by atoms with van der Waals surface area (Å²) in [6.45, 7) is 6.36. The Morgan fingerprint density at radius 3 is 2.67 bits per heavy atom. The molecule has 0 radical (unpaired) electrons. The van der Waals surface area contributed by atoms with E-state index in [1.807, 2.05) is 6.07 Å². The maximum absolute atomic E-state index is 11.0. The lowest BCUT2D eigenvalue weighted by molar-refractivity contribution is -0.110. The number of phenolic OH excluding ortho intramolecular Hbond substituents is 1. The molecule has 0 aromatic heterocycles. The van der Waals surface area contributed by atoms with Gasteiger partial charge in [0.2, 0.25) is 6.41 Å². The number of hydrogen-bond donors (Lipinski definition) is 2. The summed E-state index contributed by atoms with van der Waals surface area (Å²) < 4.78 is 0. The highest BCUT2D eigenvalue weighted by atomic mass is 16.3. The van der Waals surface area contributed by atoms with E-state index in [4.69, 9.17) is 0 Å². The molecular formula is C17H26N2O2. The molecule has 21 heavy (non-hydrogen) atoms.